The van der Waals surface area contributed by atoms with Gasteiger partial charge in [0.25, 0.3) is 0 Å². The van der Waals surface area contributed by atoms with Crippen LogP contribution >= 0.6 is 0 Å². The number of ether oxygens (including phenoxy) is 1. The van der Waals surface area contributed by atoms with E-state index in [1.165, 1.54) is 0 Å². The molecule has 0 spiro atoms. The molecule has 0 amide bonds. The molecular weight excluding hydrogens is 178 g/mol. The first-order valence-electron chi connectivity index (χ1n) is 4.63. The fraction of sp³-hybridized carbons (Fsp3) is 0.600. The number of rotatable bonds is 3. The summed E-state index contributed by atoms with van der Waals surface area (Å²) in [5.41, 5.74) is 1.02. The Bertz CT molecular complexity index is 276. The third kappa shape index (κ3) is 3.70. The quantitative estimate of drug-likeness (QED) is 0.791. The predicted octanol–water partition coefficient (Wildman–Crippen LogP) is 1.37. The molecule has 0 unspecified atom stereocenters. The molecule has 4 heteroatoms. The smallest absolute Gasteiger partial charge is 0.233 e. The molecule has 0 aromatic carbocycles. The lowest BCUT2D eigenvalue weighted by molar-refractivity contribution is 0.388. The van der Waals surface area contributed by atoms with Gasteiger partial charge in [-0.3, -0.25) is 0 Å². The van der Waals surface area contributed by atoms with Crippen molar-refractivity contribution < 1.29 is 4.74 Å². The van der Waals surface area contributed by atoms with Gasteiger partial charge in [0.2, 0.25) is 5.88 Å². The summed E-state index contributed by atoms with van der Waals surface area (Å²) in [6, 6.07) is 3.72. The minimum Gasteiger partial charge on any atom is -0.480 e. The van der Waals surface area contributed by atoms with Gasteiger partial charge in [-0.2, -0.15) is 5.10 Å². The normalized spacial score (nSPS) is 11.4. The van der Waals surface area contributed by atoms with Crippen LogP contribution in [0, 0.1) is 0 Å². The Morgan fingerprint density at radius 3 is 2.43 bits per heavy atom. The Hall–Kier alpha value is -1.16. The second-order valence-corrected chi connectivity index (χ2v) is 4.17. The number of nitrogens with zero attached hydrogens (tertiary/aromatic N) is 2. The van der Waals surface area contributed by atoms with E-state index in [0.29, 0.717) is 5.88 Å². The molecule has 4 nitrogen and oxygen atoms in total. The average molecular weight is 195 g/mol. The van der Waals surface area contributed by atoms with Crippen LogP contribution in [0.2, 0.25) is 0 Å². The van der Waals surface area contributed by atoms with E-state index in [2.05, 4.69) is 36.3 Å². The molecule has 0 aliphatic carbocycles. The molecular formula is C10H17N3O. The fourth-order valence-corrected chi connectivity index (χ4v) is 0.907. The molecule has 1 heterocycles. The molecule has 78 valence electrons. The van der Waals surface area contributed by atoms with Crippen molar-refractivity contribution in [3.63, 3.8) is 0 Å². The van der Waals surface area contributed by atoms with Crippen LogP contribution in [-0.2, 0) is 6.54 Å². The molecule has 1 aromatic rings. The van der Waals surface area contributed by atoms with Crippen molar-refractivity contribution in [2.45, 2.75) is 32.9 Å². The highest BCUT2D eigenvalue weighted by molar-refractivity contribution is 5.11. The van der Waals surface area contributed by atoms with Gasteiger partial charge in [-0.1, -0.05) is 0 Å². The van der Waals surface area contributed by atoms with Crippen LogP contribution in [0.3, 0.4) is 0 Å². The van der Waals surface area contributed by atoms with Gasteiger partial charge in [0, 0.05) is 18.2 Å². The summed E-state index contributed by atoms with van der Waals surface area (Å²) in [6.45, 7) is 7.07. The number of hydrogen-bond donors (Lipinski definition) is 1. The summed E-state index contributed by atoms with van der Waals surface area (Å²) in [5, 5.41) is 11.2. The highest BCUT2D eigenvalue weighted by atomic mass is 16.5. The van der Waals surface area contributed by atoms with Crippen molar-refractivity contribution in [2.75, 3.05) is 7.11 Å². The van der Waals surface area contributed by atoms with Crippen LogP contribution in [0.4, 0.5) is 0 Å². The van der Waals surface area contributed by atoms with Gasteiger partial charge in [0.15, 0.2) is 0 Å². The molecule has 1 rings (SSSR count). The first-order valence-corrected chi connectivity index (χ1v) is 4.63. The van der Waals surface area contributed by atoms with E-state index in [4.69, 9.17) is 4.74 Å². The molecule has 0 saturated carbocycles. The standard InChI is InChI=1S/C10H17N3O/c1-10(2,3)11-7-8-5-6-9(14-4)13-12-8/h5-6,11H,7H2,1-4H3. The molecule has 0 aliphatic rings. The van der Waals surface area contributed by atoms with Crippen molar-refractivity contribution in [3.8, 4) is 5.88 Å². The van der Waals surface area contributed by atoms with Crippen molar-refractivity contribution in [1.29, 1.82) is 0 Å². The minimum atomic E-state index is 0.0988. The van der Waals surface area contributed by atoms with Crippen molar-refractivity contribution in [2.24, 2.45) is 0 Å². The molecule has 0 saturated heterocycles. The number of methoxy groups -OCH3 is 1. The molecule has 0 aliphatic heterocycles. The predicted molar refractivity (Wildman–Crippen MR) is 55.2 cm³/mol. The summed E-state index contributed by atoms with van der Waals surface area (Å²) in [4.78, 5) is 0. The SMILES string of the molecule is COc1ccc(CNC(C)(C)C)nn1. The maximum absolute atomic E-state index is 4.92. The number of aromatic nitrogens is 2. The zero-order valence-electron chi connectivity index (χ0n) is 9.16. The maximum Gasteiger partial charge on any atom is 0.233 e. The lowest BCUT2D eigenvalue weighted by Crippen LogP contribution is -2.35. The van der Waals surface area contributed by atoms with Crippen molar-refractivity contribution in [3.05, 3.63) is 17.8 Å². The molecule has 0 fully saturated rings. The van der Waals surface area contributed by atoms with E-state index in [-0.39, 0.29) is 5.54 Å². The number of hydrogen-bond acceptors (Lipinski definition) is 4. The largest absolute Gasteiger partial charge is 0.480 e. The molecule has 0 atom stereocenters. The summed E-state index contributed by atoms with van der Waals surface area (Å²) in [7, 11) is 1.58. The van der Waals surface area contributed by atoms with Crippen LogP contribution in [0.5, 0.6) is 5.88 Å². The zero-order valence-corrected chi connectivity index (χ0v) is 9.16. The van der Waals surface area contributed by atoms with Gasteiger partial charge in [-0.05, 0) is 26.8 Å². The van der Waals surface area contributed by atoms with Gasteiger partial charge in [0.05, 0.1) is 12.8 Å². The third-order valence-electron chi connectivity index (χ3n) is 1.70. The molecule has 0 radical (unpaired) electrons. The lowest BCUT2D eigenvalue weighted by atomic mass is 10.1. The van der Waals surface area contributed by atoms with E-state index in [9.17, 15) is 0 Å². The van der Waals surface area contributed by atoms with E-state index in [0.717, 1.165) is 12.2 Å². The third-order valence-corrected chi connectivity index (χ3v) is 1.70. The highest BCUT2D eigenvalue weighted by Crippen LogP contribution is 2.05. The first-order chi connectivity index (χ1) is 6.51. The average Bonchev–Trinajstić information content (AvgIpc) is 2.14. The van der Waals surface area contributed by atoms with Gasteiger partial charge >= 0.3 is 0 Å². The molecule has 1 aromatic heterocycles. The van der Waals surface area contributed by atoms with Gasteiger partial charge in [-0.25, -0.2) is 0 Å². The molecule has 0 bridgehead atoms. The van der Waals surface area contributed by atoms with Gasteiger partial charge in [-0.15, -0.1) is 5.10 Å². The lowest BCUT2D eigenvalue weighted by Gasteiger charge is -2.19. The van der Waals surface area contributed by atoms with E-state index >= 15 is 0 Å². The van der Waals surface area contributed by atoms with Crippen LogP contribution in [0.25, 0.3) is 0 Å². The fourth-order valence-electron chi connectivity index (χ4n) is 0.907. The zero-order chi connectivity index (χ0) is 10.6. The summed E-state index contributed by atoms with van der Waals surface area (Å²) in [5.74, 6) is 0.546. The van der Waals surface area contributed by atoms with Crippen LogP contribution < -0.4 is 10.1 Å². The second-order valence-electron chi connectivity index (χ2n) is 4.17. The van der Waals surface area contributed by atoms with Crippen LogP contribution in [-0.4, -0.2) is 22.8 Å². The minimum absolute atomic E-state index is 0.0988. The maximum atomic E-state index is 4.92. The Morgan fingerprint density at radius 2 is 2.00 bits per heavy atom. The highest BCUT2D eigenvalue weighted by Gasteiger charge is 2.08. The van der Waals surface area contributed by atoms with Crippen LogP contribution in [0.1, 0.15) is 26.5 Å². The van der Waals surface area contributed by atoms with Crippen molar-refractivity contribution in [1.82, 2.24) is 15.5 Å². The van der Waals surface area contributed by atoms with Crippen molar-refractivity contribution >= 4 is 0 Å². The molecule has 14 heavy (non-hydrogen) atoms. The Balaban J connectivity index is 2.52. The Kier molecular flexibility index (Phi) is 3.41. The monoisotopic (exact) mass is 195 g/mol. The second kappa shape index (κ2) is 4.37. The Labute approximate surface area is 84.7 Å². The topological polar surface area (TPSA) is 47.0 Å². The first kappa shape index (κ1) is 10.9. The van der Waals surface area contributed by atoms with Gasteiger partial charge < -0.3 is 10.1 Å². The van der Waals surface area contributed by atoms with Crippen LogP contribution in [0.15, 0.2) is 12.1 Å². The summed E-state index contributed by atoms with van der Waals surface area (Å²) < 4.78 is 4.92. The van der Waals surface area contributed by atoms with E-state index < -0.39 is 0 Å². The molecule has 1 N–H and O–H groups in total. The summed E-state index contributed by atoms with van der Waals surface area (Å²) in [6.07, 6.45) is 0. The van der Waals surface area contributed by atoms with Gasteiger partial charge in [0.1, 0.15) is 0 Å². The summed E-state index contributed by atoms with van der Waals surface area (Å²) >= 11 is 0. The van der Waals surface area contributed by atoms with E-state index in [1.807, 2.05) is 12.1 Å². The number of nitrogens with one attached hydrogen (secondary N) is 1. The Morgan fingerprint density at radius 1 is 1.29 bits per heavy atom. The van der Waals surface area contributed by atoms with E-state index in [1.54, 1.807) is 7.11 Å².